The molecule has 0 aliphatic rings. The van der Waals surface area contributed by atoms with E-state index in [4.69, 9.17) is 0 Å². The highest BCUT2D eigenvalue weighted by atomic mass is 32.2. The molecule has 120 valence electrons. The van der Waals surface area contributed by atoms with Gasteiger partial charge in [0.15, 0.2) is 5.78 Å². The lowest BCUT2D eigenvalue weighted by Crippen LogP contribution is -2.14. The number of carbonyl (C=O) groups excluding carboxylic acids is 1. The predicted molar refractivity (Wildman–Crippen MR) is 93.3 cm³/mol. The highest BCUT2D eigenvalue weighted by molar-refractivity contribution is 7.92. The third kappa shape index (κ3) is 3.68. The van der Waals surface area contributed by atoms with Crippen molar-refractivity contribution in [3.05, 3.63) is 65.2 Å². The Morgan fingerprint density at radius 1 is 1.09 bits per heavy atom. The van der Waals surface area contributed by atoms with Gasteiger partial charge in [-0.1, -0.05) is 24.8 Å². The molecule has 0 aromatic heterocycles. The fraction of sp³-hybridized carbons (Fsp3) is 0.167. The van der Waals surface area contributed by atoms with E-state index in [9.17, 15) is 13.2 Å². The van der Waals surface area contributed by atoms with E-state index in [2.05, 4.69) is 11.3 Å². The van der Waals surface area contributed by atoms with Crippen LogP contribution in [0.2, 0.25) is 0 Å². The SMILES string of the molecule is C=Cc1ccc(S(=O)(=O)Nc2cc(C)c(C(C)=O)c(C)c2)cc1. The molecule has 4 nitrogen and oxygen atoms in total. The van der Waals surface area contributed by atoms with Crippen molar-refractivity contribution in [3.63, 3.8) is 0 Å². The van der Waals surface area contributed by atoms with Gasteiger partial charge in [0.05, 0.1) is 4.90 Å². The lowest BCUT2D eigenvalue weighted by molar-refractivity contribution is 0.101. The van der Waals surface area contributed by atoms with Gasteiger partial charge in [-0.05, 0) is 61.7 Å². The van der Waals surface area contributed by atoms with Crippen molar-refractivity contribution in [2.24, 2.45) is 0 Å². The predicted octanol–water partition coefficient (Wildman–Crippen LogP) is 3.95. The van der Waals surface area contributed by atoms with E-state index in [0.29, 0.717) is 11.3 Å². The number of carbonyl (C=O) groups is 1. The molecule has 0 aliphatic carbocycles. The molecule has 2 rings (SSSR count). The monoisotopic (exact) mass is 329 g/mol. The first-order chi connectivity index (χ1) is 10.7. The largest absolute Gasteiger partial charge is 0.294 e. The highest BCUT2D eigenvalue weighted by Crippen LogP contribution is 2.23. The fourth-order valence-corrected chi connectivity index (χ4v) is 3.62. The Morgan fingerprint density at radius 3 is 2.04 bits per heavy atom. The van der Waals surface area contributed by atoms with Crippen LogP contribution in [0, 0.1) is 13.8 Å². The summed E-state index contributed by atoms with van der Waals surface area (Å²) in [5, 5.41) is 0. The van der Waals surface area contributed by atoms with E-state index in [-0.39, 0.29) is 10.7 Å². The number of rotatable bonds is 5. The van der Waals surface area contributed by atoms with Crippen molar-refractivity contribution in [3.8, 4) is 0 Å². The first-order valence-corrected chi connectivity index (χ1v) is 8.60. The van der Waals surface area contributed by atoms with E-state index >= 15 is 0 Å². The molecular formula is C18H19NO3S. The summed E-state index contributed by atoms with van der Waals surface area (Å²) >= 11 is 0. The van der Waals surface area contributed by atoms with Crippen molar-refractivity contribution in [1.29, 1.82) is 0 Å². The minimum Gasteiger partial charge on any atom is -0.294 e. The van der Waals surface area contributed by atoms with Crippen LogP contribution in [0.3, 0.4) is 0 Å². The lowest BCUT2D eigenvalue weighted by Gasteiger charge is -2.13. The zero-order valence-corrected chi connectivity index (χ0v) is 14.2. The van der Waals surface area contributed by atoms with Crippen molar-refractivity contribution in [2.45, 2.75) is 25.7 Å². The first kappa shape index (κ1) is 17.0. The van der Waals surface area contributed by atoms with E-state index in [1.807, 2.05) is 0 Å². The number of aryl methyl sites for hydroxylation is 2. The Morgan fingerprint density at radius 2 is 1.61 bits per heavy atom. The summed E-state index contributed by atoms with van der Waals surface area (Å²) in [6, 6.07) is 9.78. The van der Waals surface area contributed by atoms with Gasteiger partial charge in [-0.2, -0.15) is 0 Å². The van der Waals surface area contributed by atoms with Crippen LogP contribution in [-0.2, 0) is 10.0 Å². The molecular weight excluding hydrogens is 310 g/mol. The molecule has 0 saturated carbocycles. The van der Waals surface area contributed by atoms with Gasteiger partial charge in [0.25, 0.3) is 10.0 Å². The molecule has 23 heavy (non-hydrogen) atoms. The number of benzene rings is 2. The molecule has 0 spiro atoms. The third-order valence-electron chi connectivity index (χ3n) is 3.56. The van der Waals surface area contributed by atoms with Crippen molar-refractivity contribution >= 4 is 27.6 Å². The molecule has 0 bridgehead atoms. The summed E-state index contributed by atoms with van der Waals surface area (Å²) in [6.07, 6.45) is 1.65. The smallest absolute Gasteiger partial charge is 0.261 e. The maximum absolute atomic E-state index is 12.4. The Labute approximate surface area is 136 Å². The topological polar surface area (TPSA) is 63.2 Å². The average molecular weight is 329 g/mol. The maximum atomic E-state index is 12.4. The molecule has 5 heteroatoms. The second-order valence-corrected chi connectivity index (χ2v) is 7.10. The van der Waals surface area contributed by atoms with Crippen molar-refractivity contribution < 1.29 is 13.2 Å². The van der Waals surface area contributed by atoms with Gasteiger partial charge in [0.2, 0.25) is 0 Å². The Hall–Kier alpha value is -2.40. The maximum Gasteiger partial charge on any atom is 0.261 e. The Balaban J connectivity index is 2.37. The lowest BCUT2D eigenvalue weighted by atomic mass is 9.99. The van der Waals surface area contributed by atoms with E-state index in [1.165, 1.54) is 19.1 Å². The van der Waals surface area contributed by atoms with E-state index < -0.39 is 10.0 Å². The van der Waals surface area contributed by atoms with Gasteiger partial charge < -0.3 is 0 Å². The number of Topliss-reactive ketones (excluding diaryl/α,β-unsaturated/α-hetero) is 1. The molecule has 0 saturated heterocycles. The van der Waals surface area contributed by atoms with Crippen molar-refractivity contribution in [2.75, 3.05) is 4.72 Å². The number of sulfonamides is 1. The molecule has 0 fully saturated rings. The minimum atomic E-state index is -3.67. The average Bonchev–Trinajstić information content (AvgIpc) is 2.45. The molecule has 0 amide bonds. The van der Waals surface area contributed by atoms with Gasteiger partial charge >= 0.3 is 0 Å². The van der Waals surface area contributed by atoms with Crippen molar-refractivity contribution in [1.82, 2.24) is 0 Å². The van der Waals surface area contributed by atoms with Crippen LogP contribution in [0.25, 0.3) is 6.08 Å². The zero-order chi connectivity index (χ0) is 17.2. The molecule has 2 aromatic rings. The highest BCUT2D eigenvalue weighted by Gasteiger charge is 2.16. The number of anilines is 1. The first-order valence-electron chi connectivity index (χ1n) is 7.12. The van der Waals surface area contributed by atoms with E-state index in [0.717, 1.165) is 16.7 Å². The second-order valence-electron chi connectivity index (χ2n) is 5.42. The molecule has 0 radical (unpaired) electrons. The van der Waals surface area contributed by atoms with Gasteiger partial charge in [-0.25, -0.2) is 8.42 Å². The van der Waals surface area contributed by atoms with Gasteiger partial charge in [0, 0.05) is 11.3 Å². The van der Waals surface area contributed by atoms with Gasteiger partial charge in [-0.3, -0.25) is 9.52 Å². The fourth-order valence-electron chi connectivity index (χ4n) is 2.57. The summed E-state index contributed by atoms with van der Waals surface area (Å²) in [7, 11) is -3.67. The quantitative estimate of drug-likeness (QED) is 0.845. The van der Waals surface area contributed by atoms with Crippen LogP contribution in [0.5, 0.6) is 0 Å². The van der Waals surface area contributed by atoms with Crippen LogP contribution in [0.1, 0.15) is 34.0 Å². The minimum absolute atomic E-state index is 0.0329. The standard InChI is InChI=1S/C18H19NO3S/c1-5-15-6-8-17(9-7-15)23(21,22)19-16-10-12(2)18(14(4)20)13(3)11-16/h5-11,19H,1H2,2-4H3. The zero-order valence-electron chi connectivity index (χ0n) is 13.4. The summed E-state index contributed by atoms with van der Waals surface area (Å²) in [5.74, 6) is -0.0329. The molecule has 0 heterocycles. The number of nitrogens with one attached hydrogen (secondary N) is 1. The normalized spacial score (nSPS) is 11.1. The number of hydrogen-bond acceptors (Lipinski definition) is 3. The molecule has 0 atom stereocenters. The molecule has 0 aliphatic heterocycles. The summed E-state index contributed by atoms with van der Waals surface area (Å²) in [4.78, 5) is 11.8. The van der Waals surface area contributed by atoms with E-state index in [1.54, 1.807) is 44.2 Å². The summed E-state index contributed by atoms with van der Waals surface area (Å²) in [6.45, 7) is 8.72. The molecule has 1 N–H and O–H groups in total. The van der Waals surface area contributed by atoms with Crippen LogP contribution >= 0.6 is 0 Å². The number of hydrogen-bond donors (Lipinski definition) is 1. The van der Waals surface area contributed by atoms with Gasteiger partial charge in [0.1, 0.15) is 0 Å². The Bertz CT molecular complexity index is 843. The van der Waals surface area contributed by atoms with Gasteiger partial charge in [-0.15, -0.1) is 0 Å². The molecule has 2 aromatic carbocycles. The van der Waals surface area contributed by atoms with Crippen LogP contribution in [0.4, 0.5) is 5.69 Å². The third-order valence-corrected chi connectivity index (χ3v) is 4.96. The summed E-state index contributed by atoms with van der Waals surface area (Å²) < 4.78 is 27.4. The summed E-state index contributed by atoms with van der Waals surface area (Å²) in [5.41, 5.74) is 3.41. The Kier molecular flexibility index (Phi) is 4.71. The number of ketones is 1. The van der Waals surface area contributed by atoms with Crippen LogP contribution in [-0.4, -0.2) is 14.2 Å². The second kappa shape index (κ2) is 6.38. The van der Waals surface area contributed by atoms with Crippen LogP contribution < -0.4 is 4.72 Å². The molecule has 0 unspecified atom stereocenters. The van der Waals surface area contributed by atoms with Crippen LogP contribution in [0.15, 0.2) is 47.9 Å².